The molecule has 2 heterocycles. The number of hydrogen-bond acceptors (Lipinski definition) is 5. The summed E-state index contributed by atoms with van der Waals surface area (Å²) < 4.78 is 5.76. The third-order valence-corrected chi connectivity index (χ3v) is 5.88. The number of nitrogens with zero attached hydrogens (tertiary/aromatic N) is 1. The maximum atomic E-state index is 12.8. The molecule has 1 atom stereocenters. The maximum absolute atomic E-state index is 12.8. The summed E-state index contributed by atoms with van der Waals surface area (Å²) in [5.74, 6) is 1.12. The molecule has 1 amide bonds. The minimum Gasteiger partial charge on any atom is -0.488 e. The van der Waals surface area contributed by atoms with E-state index in [0.717, 1.165) is 10.6 Å². The van der Waals surface area contributed by atoms with E-state index in [9.17, 15) is 9.59 Å². The molecule has 1 aliphatic rings. The monoisotopic (exact) mass is 377 g/mol. The number of rotatable bonds is 6. The first kappa shape index (κ1) is 17.8. The molecule has 1 N–H and O–H groups in total. The van der Waals surface area contributed by atoms with Gasteiger partial charge in [0, 0.05) is 28.5 Å². The molecule has 0 spiro atoms. The fourth-order valence-electron chi connectivity index (χ4n) is 2.73. The Morgan fingerprint density at radius 2 is 2.16 bits per heavy atom. The van der Waals surface area contributed by atoms with Gasteiger partial charge in [0.25, 0.3) is 5.91 Å². The second-order valence-corrected chi connectivity index (χ2v) is 7.90. The van der Waals surface area contributed by atoms with Crippen molar-refractivity contribution in [3.63, 3.8) is 0 Å². The van der Waals surface area contributed by atoms with Crippen LogP contribution >= 0.6 is 23.1 Å². The minimum absolute atomic E-state index is 0.0205. The topological polar surface area (TPSA) is 66.8 Å². The van der Waals surface area contributed by atoms with Crippen LogP contribution in [0.5, 0.6) is 5.75 Å². The van der Waals surface area contributed by atoms with E-state index in [1.54, 1.807) is 46.2 Å². The number of amides is 1. The molecule has 0 aliphatic carbocycles. The Kier molecular flexibility index (Phi) is 5.99. The van der Waals surface area contributed by atoms with Crippen molar-refractivity contribution < 1.29 is 19.4 Å². The highest BCUT2D eigenvalue weighted by atomic mass is 32.2. The van der Waals surface area contributed by atoms with E-state index in [-0.39, 0.29) is 18.4 Å². The van der Waals surface area contributed by atoms with Crippen LogP contribution in [-0.2, 0) is 11.4 Å². The Hall–Kier alpha value is -1.99. The average Bonchev–Trinajstić information content (AvgIpc) is 3.13. The summed E-state index contributed by atoms with van der Waals surface area (Å²) in [5, 5.41) is 11.1. The Labute approximate surface area is 154 Å². The summed E-state index contributed by atoms with van der Waals surface area (Å²) in [6, 6.07) is 10.8. The summed E-state index contributed by atoms with van der Waals surface area (Å²) in [7, 11) is 0. The average molecular weight is 377 g/mol. The molecule has 0 radical (unpaired) electrons. The van der Waals surface area contributed by atoms with Gasteiger partial charge in [0.15, 0.2) is 0 Å². The Bertz CT molecular complexity index is 732. The molecule has 1 unspecified atom stereocenters. The molecule has 0 saturated carbocycles. The summed E-state index contributed by atoms with van der Waals surface area (Å²) >= 11 is 3.31. The lowest BCUT2D eigenvalue weighted by atomic mass is 10.1. The zero-order valence-electron chi connectivity index (χ0n) is 13.6. The number of carboxylic acids is 1. The highest BCUT2D eigenvalue weighted by molar-refractivity contribution is 7.99. The van der Waals surface area contributed by atoms with Gasteiger partial charge < -0.3 is 14.7 Å². The molecule has 5 nitrogen and oxygen atoms in total. The van der Waals surface area contributed by atoms with E-state index in [4.69, 9.17) is 9.84 Å². The second-order valence-electron chi connectivity index (χ2n) is 5.72. The van der Waals surface area contributed by atoms with Crippen LogP contribution in [0, 0.1) is 0 Å². The van der Waals surface area contributed by atoms with Gasteiger partial charge in [-0.05, 0) is 29.6 Å². The lowest BCUT2D eigenvalue weighted by molar-refractivity contribution is -0.138. The van der Waals surface area contributed by atoms with Crippen molar-refractivity contribution in [2.75, 3.05) is 18.1 Å². The summed E-state index contributed by atoms with van der Waals surface area (Å²) in [6.45, 7) is 1.04. The van der Waals surface area contributed by atoms with Gasteiger partial charge in [-0.2, -0.15) is 11.8 Å². The van der Waals surface area contributed by atoms with E-state index >= 15 is 0 Å². The largest absolute Gasteiger partial charge is 0.488 e. The molecule has 132 valence electrons. The lowest BCUT2D eigenvalue weighted by Crippen LogP contribution is -2.47. The van der Waals surface area contributed by atoms with E-state index in [2.05, 4.69) is 0 Å². The van der Waals surface area contributed by atoms with Crippen LogP contribution < -0.4 is 4.74 Å². The molecule has 1 aliphatic heterocycles. The molecule has 2 aromatic rings. The van der Waals surface area contributed by atoms with Gasteiger partial charge in [0.05, 0.1) is 12.5 Å². The summed E-state index contributed by atoms with van der Waals surface area (Å²) in [4.78, 5) is 26.7. The predicted molar refractivity (Wildman–Crippen MR) is 99.5 cm³/mol. The van der Waals surface area contributed by atoms with Crippen LogP contribution in [0.1, 0.15) is 21.7 Å². The number of aliphatic carboxylic acids is 1. The molecular formula is C18H19NO4S2. The van der Waals surface area contributed by atoms with Crippen LogP contribution in [0.4, 0.5) is 0 Å². The number of thiophene rings is 1. The molecule has 3 rings (SSSR count). The Morgan fingerprint density at radius 1 is 1.28 bits per heavy atom. The van der Waals surface area contributed by atoms with Gasteiger partial charge in [-0.3, -0.25) is 9.59 Å². The Balaban J connectivity index is 1.70. The zero-order chi connectivity index (χ0) is 17.6. The fraction of sp³-hybridized carbons (Fsp3) is 0.333. The molecule has 1 fully saturated rings. The molecule has 0 bridgehead atoms. The van der Waals surface area contributed by atoms with Gasteiger partial charge in [-0.25, -0.2) is 0 Å². The minimum atomic E-state index is -0.877. The fourth-order valence-corrected chi connectivity index (χ4v) is 4.41. The van der Waals surface area contributed by atoms with Gasteiger partial charge in [-0.15, -0.1) is 11.3 Å². The van der Waals surface area contributed by atoms with Crippen LogP contribution in [0.15, 0.2) is 41.8 Å². The second kappa shape index (κ2) is 8.40. The highest BCUT2D eigenvalue weighted by Crippen LogP contribution is 2.23. The van der Waals surface area contributed by atoms with Crippen molar-refractivity contribution >= 4 is 35.0 Å². The molecule has 1 aromatic carbocycles. The number of hydrogen-bond donors (Lipinski definition) is 1. The van der Waals surface area contributed by atoms with E-state index in [0.29, 0.717) is 30.2 Å². The van der Waals surface area contributed by atoms with E-state index in [1.165, 1.54) is 0 Å². The van der Waals surface area contributed by atoms with Crippen LogP contribution in [-0.4, -0.2) is 46.0 Å². The van der Waals surface area contributed by atoms with E-state index < -0.39 is 5.97 Å². The molecule has 1 saturated heterocycles. The van der Waals surface area contributed by atoms with Gasteiger partial charge in [-0.1, -0.05) is 12.1 Å². The SMILES string of the molecule is O=C(O)CC1CSCCN1C(=O)c1cccc(OCc2cccs2)c1. The maximum Gasteiger partial charge on any atom is 0.305 e. The number of carboxylic acid groups (broad SMARTS) is 1. The van der Waals surface area contributed by atoms with Crippen molar-refractivity contribution in [1.82, 2.24) is 4.90 Å². The first-order valence-electron chi connectivity index (χ1n) is 7.99. The number of benzene rings is 1. The quantitative estimate of drug-likeness (QED) is 0.836. The lowest BCUT2D eigenvalue weighted by Gasteiger charge is -2.34. The van der Waals surface area contributed by atoms with Crippen molar-refractivity contribution in [2.24, 2.45) is 0 Å². The predicted octanol–water partition coefficient (Wildman–Crippen LogP) is 3.36. The summed E-state index contributed by atoms with van der Waals surface area (Å²) in [5.41, 5.74) is 0.533. The third-order valence-electron chi connectivity index (χ3n) is 3.94. The standard InChI is InChI=1S/C18H19NO4S2/c20-17(21)10-14-12-24-8-6-19(14)18(22)13-3-1-4-15(9-13)23-11-16-5-2-7-25-16/h1-5,7,9,14H,6,8,10-12H2,(H,20,21). The molecular weight excluding hydrogens is 358 g/mol. The van der Waals surface area contributed by atoms with Crippen molar-refractivity contribution in [1.29, 1.82) is 0 Å². The summed E-state index contributed by atoms with van der Waals surface area (Å²) in [6.07, 6.45) is -0.0205. The van der Waals surface area contributed by atoms with Crippen molar-refractivity contribution in [3.05, 3.63) is 52.2 Å². The van der Waals surface area contributed by atoms with Gasteiger partial charge in [0.1, 0.15) is 12.4 Å². The normalized spacial score (nSPS) is 17.3. The zero-order valence-corrected chi connectivity index (χ0v) is 15.2. The first-order valence-corrected chi connectivity index (χ1v) is 10.0. The van der Waals surface area contributed by atoms with Gasteiger partial charge >= 0.3 is 5.97 Å². The van der Waals surface area contributed by atoms with Crippen LogP contribution in [0.25, 0.3) is 0 Å². The smallest absolute Gasteiger partial charge is 0.305 e. The molecule has 25 heavy (non-hydrogen) atoms. The molecule has 7 heteroatoms. The van der Waals surface area contributed by atoms with Crippen LogP contribution in [0.2, 0.25) is 0 Å². The van der Waals surface area contributed by atoms with Crippen LogP contribution in [0.3, 0.4) is 0 Å². The third kappa shape index (κ3) is 4.76. The number of carbonyl (C=O) groups is 2. The number of ether oxygens (including phenoxy) is 1. The number of thioether (sulfide) groups is 1. The van der Waals surface area contributed by atoms with Gasteiger partial charge in [0.2, 0.25) is 0 Å². The Morgan fingerprint density at radius 3 is 2.92 bits per heavy atom. The number of carbonyl (C=O) groups excluding carboxylic acids is 1. The van der Waals surface area contributed by atoms with Crippen molar-refractivity contribution in [3.8, 4) is 5.75 Å². The van der Waals surface area contributed by atoms with E-state index in [1.807, 2.05) is 23.6 Å². The van der Waals surface area contributed by atoms with Crippen molar-refractivity contribution in [2.45, 2.75) is 19.1 Å². The highest BCUT2D eigenvalue weighted by Gasteiger charge is 2.29. The first-order chi connectivity index (χ1) is 12.1. The molecule has 1 aromatic heterocycles.